The Morgan fingerprint density at radius 3 is 2.50 bits per heavy atom. The van der Waals surface area contributed by atoms with Crippen LogP contribution in [0.25, 0.3) is 0 Å². The Labute approximate surface area is 86.3 Å². The van der Waals surface area contributed by atoms with Gasteiger partial charge in [0, 0.05) is 5.92 Å². The fourth-order valence-corrected chi connectivity index (χ4v) is 3.23. The third-order valence-corrected chi connectivity index (χ3v) is 4.05. The van der Waals surface area contributed by atoms with Gasteiger partial charge < -0.3 is 0 Å². The van der Waals surface area contributed by atoms with Crippen molar-refractivity contribution in [3.8, 4) is 12.3 Å². The summed E-state index contributed by atoms with van der Waals surface area (Å²) >= 11 is 0. The molecule has 3 unspecified atom stereocenters. The Morgan fingerprint density at radius 1 is 1.07 bits per heavy atom. The van der Waals surface area contributed by atoms with Crippen LogP contribution in [0.15, 0.2) is 0 Å². The molecule has 0 aromatic heterocycles. The van der Waals surface area contributed by atoms with Gasteiger partial charge in [-0.3, -0.25) is 4.79 Å². The van der Waals surface area contributed by atoms with Crippen molar-refractivity contribution in [3.05, 3.63) is 0 Å². The van der Waals surface area contributed by atoms with Crippen LogP contribution in [-0.4, -0.2) is 5.78 Å². The number of ketones is 1. The van der Waals surface area contributed by atoms with Gasteiger partial charge in [0.1, 0.15) is 0 Å². The minimum atomic E-state index is 0.0500. The van der Waals surface area contributed by atoms with Crippen molar-refractivity contribution in [2.24, 2.45) is 17.8 Å². The molecule has 0 aliphatic heterocycles. The van der Waals surface area contributed by atoms with Crippen molar-refractivity contribution in [2.45, 2.75) is 44.9 Å². The van der Waals surface area contributed by atoms with E-state index in [-0.39, 0.29) is 11.7 Å². The zero-order chi connectivity index (χ0) is 9.97. The summed E-state index contributed by atoms with van der Waals surface area (Å²) in [4.78, 5) is 11.4. The fourth-order valence-electron chi connectivity index (χ4n) is 3.23. The van der Waals surface area contributed by atoms with Crippen molar-refractivity contribution in [1.82, 2.24) is 0 Å². The van der Waals surface area contributed by atoms with Crippen molar-refractivity contribution < 1.29 is 4.79 Å². The first kappa shape index (κ1) is 9.77. The molecule has 1 heteroatoms. The third kappa shape index (κ3) is 1.85. The number of rotatable bonds is 1. The largest absolute Gasteiger partial charge is 0.285 e. The Morgan fingerprint density at radius 2 is 1.79 bits per heavy atom. The van der Waals surface area contributed by atoms with E-state index < -0.39 is 0 Å². The molecule has 2 aliphatic carbocycles. The van der Waals surface area contributed by atoms with E-state index in [1.54, 1.807) is 0 Å². The first-order valence-corrected chi connectivity index (χ1v) is 5.81. The van der Waals surface area contributed by atoms with Gasteiger partial charge >= 0.3 is 0 Å². The molecule has 1 nitrogen and oxygen atoms in total. The fraction of sp³-hybridized carbons (Fsp3) is 0.769. The first-order valence-electron chi connectivity index (χ1n) is 5.81. The molecule has 2 saturated carbocycles. The summed E-state index contributed by atoms with van der Waals surface area (Å²) in [6.45, 7) is 0. The van der Waals surface area contributed by atoms with Crippen molar-refractivity contribution in [3.63, 3.8) is 0 Å². The second-order valence-corrected chi connectivity index (χ2v) is 4.82. The van der Waals surface area contributed by atoms with Crippen LogP contribution in [-0.2, 0) is 4.79 Å². The number of terminal acetylenes is 1. The minimum absolute atomic E-state index is 0.0500. The van der Waals surface area contributed by atoms with E-state index in [0.29, 0.717) is 0 Å². The lowest BCUT2D eigenvalue weighted by atomic mass is 9.67. The molecule has 14 heavy (non-hydrogen) atoms. The van der Waals surface area contributed by atoms with E-state index >= 15 is 0 Å². The monoisotopic (exact) mass is 190 g/mol. The molecule has 0 bridgehead atoms. The maximum atomic E-state index is 11.4. The maximum Gasteiger partial charge on any atom is 0.208 e. The second-order valence-electron chi connectivity index (χ2n) is 4.82. The van der Waals surface area contributed by atoms with Gasteiger partial charge in [-0.25, -0.2) is 0 Å². The summed E-state index contributed by atoms with van der Waals surface area (Å²) in [6.07, 6.45) is 14.0. The van der Waals surface area contributed by atoms with Gasteiger partial charge in [0.25, 0.3) is 0 Å². The molecule has 0 heterocycles. The van der Waals surface area contributed by atoms with Gasteiger partial charge in [-0.1, -0.05) is 25.7 Å². The van der Waals surface area contributed by atoms with Gasteiger partial charge in [0.05, 0.1) is 0 Å². The lowest BCUT2D eigenvalue weighted by Gasteiger charge is -2.38. The van der Waals surface area contributed by atoms with Crippen LogP contribution in [0, 0.1) is 30.1 Å². The second kappa shape index (κ2) is 4.17. The van der Waals surface area contributed by atoms with E-state index in [1.807, 2.05) is 0 Å². The van der Waals surface area contributed by atoms with Gasteiger partial charge in [-0.15, -0.1) is 6.42 Å². The van der Waals surface area contributed by atoms with Crippen LogP contribution in [0.5, 0.6) is 0 Å². The van der Waals surface area contributed by atoms with E-state index in [9.17, 15) is 4.79 Å². The molecule has 2 rings (SSSR count). The van der Waals surface area contributed by atoms with E-state index in [4.69, 9.17) is 6.42 Å². The lowest BCUT2D eigenvalue weighted by Crippen LogP contribution is -2.30. The highest BCUT2D eigenvalue weighted by atomic mass is 16.1. The van der Waals surface area contributed by atoms with Gasteiger partial charge in [0.2, 0.25) is 5.78 Å². The van der Waals surface area contributed by atoms with Gasteiger partial charge in [-0.2, -0.15) is 0 Å². The van der Waals surface area contributed by atoms with Crippen LogP contribution in [0.3, 0.4) is 0 Å². The van der Waals surface area contributed by atoms with E-state index in [2.05, 4.69) is 5.92 Å². The van der Waals surface area contributed by atoms with E-state index in [0.717, 1.165) is 24.7 Å². The van der Waals surface area contributed by atoms with Crippen molar-refractivity contribution >= 4 is 5.78 Å². The summed E-state index contributed by atoms with van der Waals surface area (Å²) in [6, 6.07) is 0. The molecular weight excluding hydrogens is 172 g/mol. The summed E-state index contributed by atoms with van der Waals surface area (Å²) in [5, 5.41) is 0. The van der Waals surface area contributed by atoms with Crippen LogP contribution >= 0.6 is 0 Å². The smallest absolute Gasteiger partial charge is 0.208 e. The average Bonchev–Trinajstić information content (AvgIpc) is 2.27. The molecule has 0 amide bonds. The Balaban J connectivity index is 1.96. The average molecular weight is 190 g/mol. The highest BCUT2D eigenvalue weighted by molar-refractivity contribution is 5.96. The molecule has 3 atom stereocenters. The van der Waals surface area contributed by atoms with Crippen molar-refractivity contribution in [1.29, 1.82) is 0 Å². The minimum Gasteiger partial charge on any atom is -0.285 e. The zero-order valence-corrected chi connectivity index (χ0v) is 8.67. The Bertz CT molecular complexity index is 261. The molecule has 2 fully saturated rings. The van der Waals surface area contributed by atoms with Gasteiger partial charge in [-0.05, 0) is 37.0 Å². The van der Waals surface area contributed by atoms with Gasteiger partial charge in [0.15, 0.2) is 0 Å². The van der Waals surface area contributed by atoms with Crippen LogP contribution in [0.2, 0.25) is 0 Å². The molecule has 0 radical (unpaired) electrons. The molecule has 0 spiro atoms. The molecule has 76 valence electrons. The number of carbonyl (C=O) groups is 1. The topological polar surface area (TPSA) is 17.1 Å². The van der Waals surface area contributed by atoms with Crippen LogP contribution in [0.4, 0.5) is 0 Å². The molecule has 0 aromatic carbocycles. The predicted molar refractivity (Wildman–Crippen MR) is 56.6 cm³/mol. The summed E-state index contributed by atoms with van der Waals surface area (Å²) in [5.74, 6) is 4.25. The van der Waals surface area contributed by atoms with Crippen molar-refractivity contribution in [2.75, 3.05) is 0 Å². The maximum absolute atomic E-state index is 11.4. The molecule has 0 aromatic rings. The third-order valence-electron chi connectivity index (χ3n) is 4.05. The molecule has 0 N–H and O–H groups in total. The van der Waals surface area contributed by atoms with Crippen LogP contribution < -0.4 is 0 Å². The number of fused-ring (bicyclic) bond motifs is 1. The SMILES string of the molecule is C#CC(=O)C1CCC2CCCCC2C1. The normalized spacial score (nSPS) is 36.9. The Kier molecular flexibility index (Phi) is 2.91. The quantitative estimate of drug-likeness (QED) is 0.459. The molecular formula is C13H18O. The summed E-state index contributed by atoms with van der Waals surface area (Å²) in [5.41, 5.74) is 0. The molecule has 2 aliphatic rings. The Hall–Kier alpha value is -0.770. The summed E-state index contributed by atoms with van der Waals surface area (Å²) < 4.78 is 0. The lowest BCUT2D eigenvalue weighted by molar-refractivity contribution is -0.119. The van der Waals surface area contributed by atoms with E-state index in [1.165, 1.54) is 32.1 Å². The summed E-state index contributed by atoms with van der Waals surface area (Å²) in [7, 11) is 0. The standard InChI is InChI=1S/C13H18O/c1-2-13(14)12-8-7-10-5-3-4-6-11(10)9-12/h1,10-12H,3-9H2. The van der Waals surface area contributed by atoms with Crippen LogP contribution in [0.1, 0.15) is 44.9 Å². The number of hydrogen-bond donors (Lipinski definition) is 0. The first-order chi connectivity index (χ1) is 6.81. The number of hydrogen-bond acceptors (Lipinski definition) is 1. The number of carbonyl (C=O) groups excluding carboxylic acids is 1. The predicted octanol–water partition coefficient (Wildman–Crippen LogP) is 2.80. The number of Topliss-reactive ketones (excluding diaryl/α,β-unsaturated/α-hetero) is 1. The zero-order valence-electron chi connectivity index (χ0n) is 8.67. The molecule has 0 saturated heterocycles. The highest BCUT2D eigenvalue weighted by Crippen LogP contribution is 2.42. The highest BCUT2D eigenvalue weighted by Gasteiger charge is 2.34.